The quantitative estimate of drug-likeness (QED) is 0.789. The number of fused-ring (bicyclic) bond motifs is 2. The van der Waals surface area contributed by atoms with E-state index in [1.54, 1.807) is 11.1 Å². The lowest BCUT2D eigenvalue weighted by Crippen LogP contribution is -2.45. The Hall–Kier alpha value is -2.79. The monoisotopic (exact) mass is 308 g/mol. The fraction of sp³-hybridized carbons (Fsp3) is 0.167. The van der Waals surface area contributed by atoms with Crippen molar-refractivity contribution in [3.8, 4) is 5.75 Å². The molecule has 0 spiro atoms. The van der Waals surface area contributed by atoms with Gasteiger partial charge in [-0.3, -0.25) is 10.2 Å². The maximum Gasteiger partial charge on any atom is 0.301 e. The fourth-order valence-electron chi connectivity index (χ4n) is 2.74. The van der Waals surface area contributed by atoms with E-state index in [1.807, 2.05) is 43.3 Å². The Kier molecular flexibility index (Phi) is 3.28. The molecule has 1 amide bonds. The van der Waals surface area contributed by atoms with Crippen LogP contribution >= 0.6 is 0 Å². The van der Waals surface area contributed by atoms with Gasteiger partial charge in [0.1, 0.15) is 11.3 Å². The van der Waals surface area contributed by atoms with Crippen molar-refractivity contribution in [1.29, 1.82) is 0 Å². The van der Waals surface area contributed by atoms with Crippen molar-refractivity contribution < 1.29 is 13.9 Å². The molecule has 1 aliphatic rings. The summed E-state index contributed by atoms with van der Waals surface area (Å²) < 4.78 is 11.2. The largest absolute Gasteiger partial charge is 0.476 e. The van der Waals surface area contributed by atoms with Gasteiger partial charge in [-0.15, -0.1) is 0 Å². The number of aryl methyl sites for hydroxylation is 1. The van der Waals surface area contributed by atoms with Crippen LogP contribution in [0.25, 0.3) is 11.0 Å². The molecule has 0 bridgehead atoms. The van der Waals surface area contributed by atoms with E-state index < -0.39 is 0 Å². The predicted molar refractivity (Wildman–Crippen MR) is 85.9 cm³/mol. The highest BCUT2D eigenvalue weighted by atomic mass is 16.5. The first kappa shape index (κ1) is 13.8. The molecule has 2 aromatic carbocycles. The van der Waals surface area contributed by atoms with Crippen molar-refractivity contribution in [2.45, 2.75) is 13.5 Å². The van der Waals surface area contributed by atoms with Crippen LogP contribution in [0.4, 0.5) is 0 Å². The summed E-state index contributed by atoms with van der Waals surface area (Å²) >= 11 is 0. The zero-order valence-corrected chi connectivity index (χ0v) is 12.7. The third-order valence-corrected chi connectivity index (χ3v) is 3.86. The van der Waals surface area contributed by atoms with Gasteiger partial charge in [-0.2, -0.15) is 5.01 Å². The minimum atomic E-state index is -0.277. The van der Waals surface area contributed by atoms with E-state index >= 15 is 0 Å². The first-order valence-corrected chi connectivity index (χ1v) is 7.46. The summed E-state index contributed by atoms with van der Waals surface area (Å²) in [6.45, 7) is 2.94. The molecule has 0 fully saturated rings. The number of furan rings is 1. The molecular formula is C18H16N2O3. The van der Waals surface area contributed by atoms with Crippen molar-refractivity contribution in [3.63, 3.8) is 0 Å². The summed E-state index contributed by atoms with van der Waals surface area (Å²) in [6, 6.07) is 15.3. The number of nitrogens with zero attached hydrogens (tertiary/aromatic N) is 1. The second-order valence-electron chi connectivity index (χ2n) is 5.67. The number of hydrogen-bond acceptors (Lipinski definition) is 4. The molecule has 5 heteroatoms. The van der Waals surface area contributed by atoms with Crippen LogP contribution in [0.2, 0.25) is 0 Å². The molecule has 3 aromatic rings. The Labute approximate surface area is 133 Å². The molecule has 0 saturated carbocycles. The first-order chi connectivity index (χ1) is 11.2. The molecule has 2 heterocycles. The summed E-state index contributed by atoms with van der Waals surface area (Å²) in [6.07, 6.45) is 0. The zero-order chi connectivity index (χ0) is 15.8. The number of carbonyl (C=O) groups excluding carboxylic acids is 1. The van der Waals surface area contributed by atoms with Crippen molar-refractivity contribution >= 4 is 16.9 Å². The maximum atomic E-state index is 12.4. The molecule has 0 aliphatic carbocycles. The van der Waals surface area contributed by atoms with E-state index in [0.717, 1.165) is 22.3 Å². The molecule has 1 N–H and O–H groups in total. The standard InChI is InChI=1S/C18H16N2O3/c1-12-6-7-15-14(8-12)10-20(11-22-15)19-18(21)17-9-13-4-2-3-5-16(13)23-17/h2-9H,10-11H2,1H3,(H,19,21). The zero-order valence-electron chi connectivity index (χ0n) is 12.7. The second kappa shape index (κ2) is 5.44. The van der Waals surface area contributed by atoms with Crippen molar-refractivity contribution in [3.05, 3.63) is 65.4 Å². The molecule has 5 nitrogen and oxygen atoms in total. The Balaban J connectivity index is 1.51. The normalized spacial score (nSPS) is 14.3. The van der Waals surface area contributed by atoms with E-state index in [-0.39, 0.29) is 5.91 Å². The van der Waals surface area contributed by atoms with E-state index in [9.17, 15) is 4.79 Å². The summed E-state index contributed by atoms with van der Waals surface area (Å²) in [7, 11) is 0. The van der Waals surface area contributed by atoms with Crippen LogP contribution in [0.15, 0.2) is 52.9 Å². The predicted octanol–water partition coefficient (Wildman–Crippen LogP) is 3.24. The Morgan fingerprint density at radius 2 is 2.04 bits per heavy atom. The minimum absolute atomic E-state index is 0.277. The van der Waals surface area contributed by atoms with Crippen molar-refractivity contribution in [1.82, 2.24) is 10.4 Å². The van der Waals surface area contributed by atoms with E-state index in [0.29, 0.717) is 24.6 Å². The van der Waals surface area contributed by atoms with Gasteiger partial charge in [-0.05, 0) is 25.1 Å². The number of amides is 1. The molecule has 116 valence electrons. The average Bonchev–Trinajstić information content (AvgIpc) is 2.98. The Morgan fingerprint density at radius 1 is 1.17 bits per heavy atom. The van der Waals surface area contributed by atoms with Crippen LogP contribution in [0, 0.1) is 6.92 Å². The van der Waals surface area contributed by atoms with Gasteiger partial charge >= 0.3 is 5.91 Å². The summed E-state index contributed by atoms with van der Waals surface area (Å²) in [4.78, 5) is 12.4. The number of para-hydroxylation sites is 1. The van der Waals surface area contributed by atoms with Gasteiger partial charge in [0, 0.05) is 10.9 Å². The van der Waals surface area contributed by atoms with Crippen LogP contribution in [-0.4, -0.2) is 17.6 Å². The minimum Gasteiger partial charge on any atom is -0.476 e. The van der Waals surface area contributed by atoms with Gasteiger partial charge in [0.15, 0.2) is 12.5 Å². The average molecular weight is 308 g/mol. The third kappa shape index (κ3) is 2.66. The summed E-state index contributed by atoms with van der Waals surface area (Å²) in [5.41, 5.74) is 5.76. The van der Waals surface area contributed by atoms with Crippen molar-refractivity contribution in [2.75, 3.05) is 6.73 Å². The molecule has 4 rings (SSSR count). The highest BCUT2D eigenvalue weighted by molar-refractivity contribution is 5.95. The number of hydrogen-bond donors (Lipinski definition) is 1. The SMILES string of the molecule is Cc1ccc2c(c1)CN(NC(=O)c1cc3ccccc3o1)CO2. The van der Waals surface area contributed by atoms with Gasteiger partial charge < -0.3 is 9.15 Å². The number of rotatable bonds is 2. The molecule has 1 aromatic heterocycles. The third-order valence-electron chi connectivity index (χ3n) is 3.86. The number of hydrazine groups is 1. The van der Waals surface area contributed by atoms with Gasteiger partial charge in [-0.1, -0.05) is 35.9 Å². The molecule has 0 radical (unpaired) electrons. The fourth-order valence-corrected chi connectivity index (χ4v) is 2.74. The topological polar surface area (TPSA) is 54.7 Å². The smallest absolute Gasteiger partial charge is 0.301 e. The maximum absolute atomic E-state index is 12.4. The highest BCUT2D eigenvalue weighted by Crippen LogP contribution is 2.25. The van der Waals surface area contributed by atoms with E-state index in [4.69, 9.17) is 9.15 Å². The van der Waals surface area contributed by atoms with Gasteiger partial charge in [0.2, 0.25) is 0 Å². The first-order valence-electron chi connectivity index (χ1n) is 7.46. The molecule has 0 atom stereocenters. The van der Waals surface area contributed by atoms with Gasteiger partial charge in [0.05, 0.1) is 6.54 Å². The summed E-state index contributed by atoms with van der Waals surface area (Å²) in [5, 5.41) is 2.64. The lowest BCUT2D eigenvalue weighted by molar-refractivity contribution is 0.0375. The van der Waals surface area contributed by atoms with E-state index in [2.05, 4.69) is 11.5 Å². The van der Waals surface area contributed by atoms with Crippen LogP contribution in [0.3, 0.4) is 0 Å². The summed E-state index contributed by atoms with van der Waals surface area (Å²) in [5.74, 6) is 0.881. The lowest BCUT2D eigenvalue weighted by Gasteiger charge is -2.28. The van der Waals surface area contributed by atoms with Crippen LogP contribution in [-0.2, 0) is 6.54 Å². The van der Waals surface area contributed by atoms with Crippen LogP contribution in [0.1, 0.15) is 21.7 Å². The number of nitrogens with one attached hydrogen (secondary N) is 1. The van der Waals surface area contributed by atoms with E-state index in [1.165, 1.54) is 0 Å². The Bertz CT molecular complexity index is 852. The van der Waals surface area contributed by atoms with Crippen LogP contribution in [0.5, 0.6) is 5.75 Å². The van der Waals surface area contributed by atoms with Gasteiger partial charge in [0.25, 0.3) is 0 Å². The number of carbonyl (C=O) groups is 1. The number of ether oxygens (including phenoxy) is 1. The van der Waals surface area contributed by atoms with Crippen LogP contribution < -0.4 is 10.2 Å². The number of benzene rings is 2. The van der Waals surface area contributed by atoms with Gasteiger partial charge in [-0.25, -0.2) is 0 Å². The molecular weight excluding hydrogens is 292 g/mol. The Morgan fingerprint density at radius 3 is 2.91 bits per heavy atom. The second-order valence-corrected chi connectivity index (χ2v) is 5.67. The van der Waals surface area contributed by atoms with Crippen molar-refractivity contribution in [2.24, 2.45) is 0 Å². The lowest BCUT2D eigenvalue weighted by atomic mass is 10.1. The molecule has 0 saturated heterocycles. The molecule has 0 unspecified atom stereocenters. The molecule has 1 aliphatic heterocycles. The highest BCUT2D eigenvalue weighted by Gasteiger charge is 2.21. The molecule has 23 heavy (non-hydrogen) atoms.